The maximum absolute atomic E-state index is 5.03. The molecule has 0 bridgehead atoms. The predicted octanol–water partition coefficient (Wildman–Crippen LogP) is 2.77. The number of hydrogen-bond acceptors (Lipinski definition) is 2. The summed E-state index contributed by atoms with van der Waals surface area (Å²) in [5.74, 6) is 6.16. The molecular weight excluding hydrogens is 248 g/mol. The van der Waals surface area contributed by atoms with E-state index >= 15 is 0 Å². The van der Waals surface area contributed by atoms with E-state index in [-0.39, 0.29) is 0 Å². The molecule has 2 rings (SSSR count). The highest BCUT2D eigenvalue weighted by Gasteiger charge is 2.06. The van der Waals surface area contributed by atoms with Crippen LogP contribution in [0.4, 0.5) is 0 Å². The van der Waals surface area contributed by atoms with Crippen molar-refractivity contribution >= 4 is 10.9 Å². The lowest BCUT2D eigenvalue weighted by atomic mass is 10.1. The molecule has 0 saturated heterocycles. The van der Waals surface area contributed by atoms with Gasteiger partial charge in [0.1, 0.15) is 0 Å². The Morgan fingerprint density at radius 3 is 2.85 bits per heavy atom. The van der Waals surface area contributed by atoms with Crippen LogP contribution in [0.15, 0.2) is 24.3 Å². The molecule has 20 heavy (non-hydrogen) atoms. The predicted molar refractivity (Wildman–Crippen MR) is 83.7 cm³/mol. The molecule has 3 nitrogen and oxygen atoms in total. The number of nitrogens with zero attached hydrogens (tertiary/aromatic N) is 1. The first-order chi connectivity index (χ1) is 9.80. The molecule has 0 aliphatic rings. The van der Waals surface area contributed by atoms with Crippen LogP contribution < -0.4 is 5.32 Å². The van der Waals surface area contributed by atoms with Crippen LogP contribution in [0.25, 0.3) is 10.9 Å². The summed E-state index contributed by atoms with van der Waals surface area (Å²) in [6.07, 6.45) is 0. The van der Waals surface area contributed by atoms with E-state index in [1.165, 1.54) is 16.5 Å². The lowest BCUT2D eigenvalue weighted by Crippen LogP contribution is -2.18. The number of hydrogen-bond donors (Lipinski definition) is 1. The van der Waals surface area contributed by atoms with Crippen LogP contribution in [0.5, 0.6) is 0 Å². The first-order valence-corrected chi connectivity index (χ1v) is 7.04. The Hall–Kier alpha value is -1.76. The van der Waals surface area contributed by atoms with Gasteiger partial charge in [0.2, 0.25) is 0 Å². The zero-order valence-corrected chi connectivity index (χ0v) is 12.5. The van der Waals surface area contributed by atoms with Gasteiger partial charge >= 0.3 is 0 Å². The third-order valence-electron chi connectivity index (χ3n) is 3.35. The van der Waals surface area contributed by atoms with Crippen molar-refractivity contribution in [2.75, 3.05) is 20.3 Å². The highest BCUT2D eigenvalue weighted by Crippen LogP contribution is 2.21. The van der Waals surface area contributed by atoms with Crippen molar-refractivity contribution in [3.8, 4) is 11.8 Å². The molecule has 0 unspecified atom stereocenters. The minimum absolute atomic E-state index is 0.741. The van der Waals surface area contributed by atoms with Crippen molar-refractivity contribution in [2.45, 2.75) is 26.9 Å². The van der Waals surface area contributed by atoms with Crippen molar-refractivity contribution in [3.05, 3.63) is 35.5 Å². The minimum atomic E-state index is 0.741. The van der Waals surface area contributed by atoms with E-state index < -0.39 is 0 Å². The maximum Gasteiger partial charge on any atom is 0.0930 e. The van der Waals surface area contributed by atoms with Crippen molar-refractivity contribution in [2.24, 2.45) is 0 Å². The van der Waals surface area contributed by atoms with Crippen molar-refractivity contribution in [1.82, 2.24) is 9.88 Å². The number of rotatable bonds is 6. The molecule has 0 amide bonds. The summed E-state index contributed by atoms with van der Waals surface area (Å²) in [5, 5.41) is 4.63. The molecule has 0 aliphatic carbocycles. The number of nitrogens with one attached hydrogen (secondary N) is 1. The summed E-state index contributed by atoms with van der Waals surface area (Å²) < 4.78 is 7.29. The second kappa shape index (κ2) is 7.14. The van der Waals surface area contributed by atoms with Crippen LogP contribution in [-0.2, 0) is 17.8 Å². The molecule has 0 atom stereocenters. The second-order valence-electron chi connectivity index (χ2n) is 4.71. The van der Waals surface area contributed by atoms with Gasteiger partial charge in [0.15, 0.2) is 0 Å². The van der Waals surface area contributed by atoms with Crippen LogP contribution in [-0.4, -0.2) is 24.8 Å². The molecule has 0 aliphatic heterocycles. The Bertz CT molecular complexity index is 631. The molecule has 0 saturated carbocycles. The summed E-state index contributed by atoms with van der Waals surface area (Å²) >= 11 is 0. The van der Waals surface area contributed by atoms with Gasteiger partial charge in [-0.1, -0.05) is 12.0 Å². The van der Waals surface area contributed by atoms with E-state index in [0.717, 1.165) is 31.9 Å². The van der Waals surface area contributed by atoms with Crippen LogP contribution >= 0.6 is 0 Å². The quantitative estimate of drug-likeness (QED) is 0.645. The highest BCUT2D eigenvalue weighted by atomic mass is 16.5. The van der Waals surface area contributed by atoms with Gasteiger partial charge in [0.05, 0.1) is 12.3 Å². The zero-order valence-electron chi connectivity index (χ0n) is 12.5. The van der Waals surface area contributed by atoms with Gasteiger partial charge in [-0.05, 0) is 43.5 Å². The molecular formula is C17H22N2O. The fourth-order valence-corrected chi connectivity index (χ4v) is 2.41. The van der Waals surface area contributed by atoms with E-state index in [9.17, 15) is 0 Å². The van der Waals surface area contributed by atoms with E-state index in [2.05, 4.69) is 52.9 Å². The fraction of sp³-hybridized carbons (Fsp3) is 0.412. The summed E-state index contributed by atoms with van der Waals surface area (Å²) in [6.45, 7) is 7.45. The molecule has 0 spiro atoms. The SMILES string of the molecule is CC#Cc1cc2cc(CNCCOC)ccc2n1CC. The van der Waals surface area contributed by atoms with Gasteiger partial charge in [-0.2, -0.15) is 0 Å². The Balaban J connectivity index is 2.22. The summed E-state index contributed by atoms with van der Waals surface area (Å²) in [7, 11) is 1.72. The lowest BCUT2D eigenvalue weighted by Gasteiger charge is -2.06. The molecule has 1 aromatic carbocycles. The van der Waals surface area contributed by atoms with E-state index in [1.807, 2.05) is 6.92 Å². The molecule has 2 aromatic rings. The number of fused-ring (bicyclic) bond motifs is 1. The van der Waals surface area contributed by atoms with Crippen molar-refractivity contribution in [1.29, 1.82) is 0 Å². The van der Waals surface area contributed by atoms with E-state index in [1.54, 1.807) is 7.11 Å². The number of aromatic nitrogens is 1. The van der Waals surface area contributed by atoms with Crippen LogP contribution in [0.3, 0.4) is 0 Å². The molecule has 1 heterocycles. The first-order valence-electron chi connectivity index (χ1n) is 7.04. The topological polar surface area (TPSA) is 26.2 Å². The van der Waals surface area contributed by atoms with Gasteiger partial charge in [0, 0.05) is 37.6 Å². The van der Waals surface area contributed by atoms with Gasteiger partial charge in [-0.25, -0.2) is 0 Å². The average molecular weight is 270 g/mol. The monoisotopic (exact) mass is 270 g/mol. The Kier molecular flexibility index (Phi) is 5.23. The standard InChI is InChI=1S/C17H22N2O/c1-4-6-16-12-15-11-14(13-18-9-10-20-3)7-8-17(15)19(16)5-2/h7-8,11-12,18H,5,9-10,13H2,1-3H3. The highest BCUT2D eigenvalue weighted by molar-refractivity contribution is 5.83. The van der Waals surface area contributed by atoms with E-state index in [0.29, 0.717) is 0 Å². The summed E-state index contributed by atoms with van der Waals surface area (Å²) in [5.41, 5.74) is 3.64. The molecule has 106 valence electrons. The van der Waals surface area contributed by atoms with Gasteiger partial charge in [0.25, 0.3) is 0 Å². The number of methoxy groups -OCH3 is 1. The molecule has 0 radical (unpaired) electrons. The molecule has 1 N–H and O–H groups in total. The largest absolute Gasteiger partial charge is 0.383 e. The lowest BCUT2D eigenvalue weighted by molar-refractivity contribution is 0.199. The number of aryl methyl sites for hydroxylation is 1. The number of benzene rings is 1. The third-order valence-corrected chi connectivity index (χ3v) is 3.35. The molecule has 1 aromatic heterocycles. The summed E-state index contributed by atoms with van der Waals surface area (Å²) in [6, 6.07) is 8.78. The normalized spacial score (nSPS) is 10.6. The van der Waals surface area contributed by atoms with Gasteiger partial charge in [-0.15, -0.1) is 0 Å². The second-order valence-corrected chi connectivity index (χ2v) is 4.71. The van der Waals surface area contributed by atoms with Crippen molar-refractivity contribution in [3.63, 3.8) is 0 Å². The van der Waals surface area contributed by atoms with Gasteiger partial charge in [-0.3, -0.25) is 0 Å². The third kappa shape index (κ3) is 3.22. The first kappa shape index (κ1) is 14.6. The number of ether oxygens (including phenoxy) is 1. The maximum atomic E-state index is 5.03. The fourth-order valence-electron chi connectivity index (χ4n) is 2.41. The van der Waals surface area contributed by atoms with Crippen LogP contribution in [0.2, 0.25) is 0 Å². The summed E-state index contributed by atoms with van der Waals surface area (Å²) in [4.78, 5) is 0. The Labute approximate surface area is 120 Å². The molecule has 3 heteroatoms. The Morgan fingerprint density at radius 2 is 2.15 bits per heavy atom. The zero-order chi connectivity index (χ0) is 14.4. The van der Waals surface area contributed by atoms with Crippen LogP contribution in [0.1, 0.15) is 25.1 Å². The Morgan fingerprint density at radius 1 is 1.30 bits per heavy atom. The van der Waals surface area contributed by atoms with Crippen LogP contribution in [0, 0.1) is 11.8 Å². The van der Waals surface area contributed by atoms with E-state index in [4.69, 9.17) is 4.74 Å². The van der Waals surface area contributed by atoms with Crippen molar-refractivity contribution < 1.29 is 4.74 Å². The average Bonchev–Trinajstić information content (AvgIpc) is 2.80. The smallest absolute Gasteiger partial charge is 0.0930 e. The van der Waals surface area contributed by atoms with Gasteiger partial charge < -0.3 is 14.6 Å². The minimum Gasteiger partial charge on any atom is -0.383 e. The molecule has 0 fully saturated rings.